The first-order valence-corrected chi connectivity index (χ1v) is 9.86. The van der Waals surface area contributed by atoms with Gasteiger partial charge in [-0.05, 0) is 42.8 Å². The molecule has 7 nitrogen and oxygen atoms in total. The zero-order valence-corrected chi connectivity index (χ0v) is 17.0. The summed E-state index contributed by atoms with van der Waals surface area (Å²) in [6.07, 6.45) is 3.47. The number of aryl methyl sites for hydroxylation is 1. The normalized spacial score (nSPS) is 11.1. The van der Waals surface area contributed by atoms with E-state index in [1.54, 1.807) is 4.52 Å². The van der Waals surface area contributed by atoms with Gasteiger partial charge >= 0.3 is 0 Å². The van der Waals surface area contributed by atoms with Crippen LogP contribution in [0.4, 0.5) is 5.82 Å². The Morgan fingerprint density at radius 2 is 1.93 bits per heavy atom. The van der Waals surface area contributed by atoms with E-state index < -0.39 is 0 Å². The van der Waals surface area contributed by atoms with Crippen LogP contribution < -0.4 is 5.32 Å². The third kappa shape index (κ3) is 3.51. The molecule has 0 aliphatic carbocycles. The maximum absolute atomic E-state index is 6.29. The topological polar surface area (TPSA) is 72.9 Å². The van der Waals surface area contributed by atoms with Gasteiger partial charge in [-0.25, -0.2) is 19.2 Å². The second-order valence-electron chi connectivity index (χ2n) is 6.89. The minimum absolute atomic E-state index is 0.569. The van der Waals surface area contributed by atoms with Gasteiger partial charge in [0.1, 0.15) is 12.1 Å². The first kappa shape index (κ1) is 18.3. The van der Waals surface area contributed by atoms with Crippen LogP contribution in [0.15, 0.2) is 73.2 Å². The Kier molecular flexibility index (Phi) is 4.65. The molecule has 4 heterocycles. The number of anilines is 1. The summed E-state index contributed by atoms with van der Waals surface area (Å²) >= 11 is 6.29. The van der Waals surface area contributed by atoms with Crippen LogP contribution in [0.2, 0.25) is 5.02 Å². The highest BCUT2D eigenvalue weighted by Gasteiger charge is 2.14. The molecule has 0 amide bonds. The molecule has 0 saturated heterocycles. The highest BCUT2D eigenvalue weighted by molar-refractivity contribution is 6.31. The Morgan fingerprint density at radius 3 is 2.80 bits per heavy atom. The van der Waals surface area contributed by atoms with Gasteiger partial charge < -0.3 is 5.32 Å². The van der Waals surface area contributed by atoms with Crippen molar-refractivity contribution >= 4 is 23.1 Å². The van der Waals surface area contributed by atoms with Crippen molar-refractivity contribution in [2.24, 2.45) is 0 Å². The van der Waals surface area contributed by atoms with E-state index in [4.69, 9.17) is 16.7 Å². The zero-order chi connectivity index (χ0) is 20.5. The van der Waals surface area contributed by atoms with Crippen LogP contribution in [-0.4, -0.2) is 29.4 Å². The number of hydrogen-bond acceptors (Lipinski definition) is 5. The third-order valence-electron chi connectivity index (χ3n) is 4.79. The van der Waals surface area contributed by atoms with Gasteiger partial charge in [-0.3, -0.25) is 0 Å². The maximum atomic E-state index is 6.29. The molecule has 0 spiro atoms. The maximum Gasteiger partial charge on any atom is 0.155 e. The summed E-state index contributed by atoms with van der Waals surface area (Å²) in [6, 6.07) is 19.6. The average molecular weight is 416 g/mol. The fourth-order valence-corrected chi connectivity index (χ4v) is 3.49. The summed E-state index contributed by atoms with van der Waals surface area (Å²) in [5.74, 6) is 1.47. The van der Waals surface area contributed by atoms with Crippen molar-refractivity contribution < 1.29 is 0 Å². The molecule has 0 aliphatic heterocycles. The third-order valence-corrected chi connectivity index (χ3v) is 5.16. The van der Waals surface area contributed by atoms with Crippen LogP contribution in [0.1, 0.15) is 11.3 Å². The molecule has 0 radical (unpaired) electrons. The van der Waals surface area contributed by atoms with Gasteiger partial charge in [-0.15, -0.1) is 5.10 Å². The van der Waals surface area contributed by atoms with E-state index in [0.29, 0.717) is 6.54 Å². The molecule has 1 N–H and O–H groups in total. The van der Waals surface area contributed by atoms with Crippen LogP contribution in [0.5, 0.6) is 0 Å². The number of fused-ring (bicyclic) bond motifs is 1. The monoisotopic (exact) mass is 415 g/mol. The Hall–Kier alpha value is -3.71. The van der Waals surface area contributed by atoms with Crippen molar-refractivity contribution in [3.8, 4) is 17.1 Å². The molecule has 1 aromatic carbocycles. The summed E-state index contributed by atoms with van der Waals surface area (Å²) in [5, 5.41) is 13.1. The molecule has 5 aromatic rings. The van der Waals surface area contributed by atoms with Crippen molar-refractivity contribution in [3.05, 3.63) is 89.5 Å². The summed E-state index contributed by atoms with van der Waals surface area (Å²) in [6.45, 7) is 2.53. The lowest BCUT2D eigenvalue weighted by atomic mass is 10.2. The van der Waals surface area contributed by atoms with E-state index in [1.165, 1.54) is 6.33 Å². The van der Waals surface area contributed by atoms with Crippen LogP contribution in [0.25, 0.3) is 22.7 Å². The molecular formula is C22H18ClN7. The molecule has 4 aromatic heterocycles. The SMILES string of the molecule is Cc1cccc(-n2nc(NCc3ccccc3Cl)cc2-c2ccc3ncnn3c2)n1. The predicted octanol–water partition coefficient (Wildman–Crippen LogP) is 4.55. The molecule has 0 fully saturated rings. The standard InChI is InChI=1S/C22H18ClN7/c1-15-5-4-8-22(27-15)30-19(17-9-10-21-25-14-26-29(21)13-17)11-20(28-30)24-12-16-6-2-3-7-18(16)23/h2-11,13-14H,12H2,1H3,(H,24,28). The minimum atomic E-state index is 0.569. The van der Waals surface area contributed by atoms with Gasteiger partial charge in [0.05, 0.1) is 5.69 Å². The van der Waals surface area contributed by atoms with E-state index in [1.807, 2.05) is 78.5 Å². The van der Waals surface area contributed by atoms with Crippen molar-refractivity contribution in [1.82, 2.24) is 29.4 Å². The van der Waals surface area contributed by atoms with Gasteiger partial charge in [-0.2, -0.15) is 5.10 Å². The van der Waals surface area contributed by atoms with Crippen molar-refractivity contribution in [2.45, 2.75) is 13.5 Å². The lowest BCUT2D eigenvalue weighted by molar-refractivity contribution is 0.844. The number of pyridine rings is 2. The first-order chi connectivity index (χ1) is 14.7. The molecule has 0 bridgehead atoms. The molecule has 5 rings (SSSR count). The number of nitrogens with zero attached hydrogens (tertiary/aromatic N) is 6. The van der Waals surface area contributed by atoms with E-state index in [0.717, 1.165) is 44.8 Å². The molecule has 0 saturated carbocycles. The molecule has 0 atom stereocenters. The molecule has 0 aliphatic rings. The smallest absolute Gasteiger partial charge is 0.155 e. The Balaban J connectivity index is 1.56. The number of benzene rings is 1. The van der Waals surface area contributed by atoms with Crippen molar-refractivity contribution in [3.63, 3.8) is 0 Å². The largest absolute Gasteiger partial charge is 0.364 e. The zero-order valence-electron chi connectivity index (χ0n) is 16.2. The summed E-state index contributed by atoms with van der Waals surface area (Å²) in [4.78, 5) is 8.86. The molecule has 30 heavy (non-hydrogen) atoms. The van der Waals surface area contributed by atoms with Gasteiger partial charge in [0.25, 0.3) is 0 Å². The number of halogens is 1. The summed E-state index contributed by atoms with van der Waals surface area (Å²) in [5.41, 5.74) is 4.57. The van der Waals surface area contributed by atoms with Gasteiger partial charge in [0.15, 0.2) is 11.5 Å². The first-order valence-electron chi connectivity index (χ1n) is 9.48. The van der Waals surface area contributed by atoms with E-state index in [-0.39, 0.29) is 0 Å². The van der Waals surface area contributed by atoms with Gasteiger partial charge in [-0.1, -0.05) is 35.9 Å². The lowest BCUT2D eigenvalue weighted by Crippen LogP contribution is -2.05. The van der Waals surface area contributed by atoms with Crippen molar-refractivity contribution in [2.75, 3.05) is 5.32 Å². The van der Waals surface area contributed by atoms with Gasteiger partial charge in [0.2, 0.25) is 0 Å². The molecule has 148 valence electrons. The van der Waals surface area contributed by atoms with Crippen molar-refractivity contribution in [1.29, 1.82) is 0 Å². The Bertz CT molecular complexity index is 1340. The van der Waals surface area contributed by atoms with Crippen LogP contribution >= 0.6 is 11.6 Å². The second-order valence-corrected chi connectivity index (χ2v) is 7.30. The quantitative estimate of drug-likeness (QED) is 0.456. The molecule has 8 heteroatoms. The number of hydrogen-bond donors (Lipinski definition) is 1. The molecular weight excluding hydrogens is 398 g/mol. The van der Waals surface area contributed by atoms with Gasteiger partial charge in [0, 0.05) is 35.1 Å². The number of nitrogens with one attached hydrogen (secondary N) is 1. The Labute approximate surface area is 178 Å². The minimum Gasteiger partial charge on any atom is -0.364 e. The fraction of sp³-hybridized carbons (Fsp3) is 0.0909. The number of rotatable bonds is 5. The average Bonchev–Trinajstić information content (AvgIpc) is 3.39. The number of aromatic nitrogens is 6. The van der Waals surface area contributed by atoms with E-state index in [2.05, 4.69) is 20.4 Å². The summed E-state index contributed by atoms with van der Waals surface area (Å²) in [7, 11) is 0. The van der Waals surface area contributed by atoms with Crippen LogP contribution in [0, 0.1) is 6.92 Å². The van der Waals surface area contributed by atoms with Crippen LogP contribution in [-0.2, 0) is 6.54 Å². The Morgan fingerprint density at radius 1 is 1.03 bits per heavy atom. The predicted molar refractivity (Wildman–Crippen MR) is 117 cm³/mol. The van der Waals surface area contributed by atoms with E-state index >= 15 is 0 Å². The fourth-order valence-electron chi connectivity index (χ4n) is 3.29. The summed E-state index contributed by atoms with van der Waals surface area (Å²) < 4.78 is 3.58. The second kappa shape index (κ2) is 7.61. The van der Waals surface area contributed by atoms with E-state index in [9.17, 15) is 0 Å². The highest BCUT2D eigenvalue weighted by Crippen LogP contribution is 2.26. The highest BCUT2D eigenvalue weighted by atomic mass is 35.5. The molecule has 0 unspecified atom stereocenters. The van der Waals surface area contributed by atoms with Crippen LogP contribution in [0.3, 0.4) is 0 Å². The lowest BCUT2D eigenvalue weighted by Gasteiger charge is -2.07.